The first-order valence-electron chi connectivity index (χ1n) is 5.35. The Balaban J connectivity index is 0.000000379. The van der Waals surface area contributed by atoms with Gasteiger partial charge in [0.25, 0.3) is 0 Å². The lowest BCUT2D eigenvalue weighted by Gasteiger charge is -2.34. The summed E-state index contributed by atoms with van der Waals surface area (Å²) in [7, 11) is 0. The van der Waals surface area contributed by atoms with Crippen LogP contribution >= 0.6 is 0 Å². The molecule has 0 aliphatic carbocycles. The molecule has 2 heterocycles. The van der Waals surface area contributed by atoms with E-state index in [-0.39, 0.29) is 12.2 Å². The van der Waals surface area contributed by atoms with Gasteiger partial charge < -0.3 is 18.9 Å². The molecule has 0 aromatic rings. The maximum atomic E-state index is 5.21. The maximum Gasteiger partial charge on any atom is 0.147 e. The number of hydrogen-bond acceptors (Lipinski definition) is 4. The van der Waals surface area contributed by atoms with Gasteiger partial charge in [-0.1, -0.05) is 27.7 Å². The lowest BCUT2D eigenvalue weighted by atomic mass is 10.2. The van der Waals surface area contributed by atoms with Crippen LogP contribution in [0.4, 0.5) is 0 Å². The van der Waals surface area contributed by atoms with Gasteiger partial charge in [-0.2, -0.15) is 0 Å². The van der Waals surface area contributed by atoms with E-state index in [1.807, 2.05) is 27.7 Å². The lowest BCUT2D eigenvalue weighted by molar-refractivity contribution is -0.276. The van der Waals surface area contributed by atoms with Gasteiger partial charge in [-0.15, -0.1) is 0 Å². The van der Waals surface area contributed by atoms with E-state index in [1.54, 1.807) is 0 Å². The maximum absolute atomic E-state index is 5.21. The monoisotopic (exact) mass is 206 g/mol. The van der Waals surface area contributed by atoms with E-state index in [0.717, 1.165) is 0 Å². The Kier molecular flexibility index (Phi) is 9.29. The van der Waals surface area contributed by atoms with Gasteiger partial charge in [0.15, 0.2) is 0 Å². The third-order valence-corrected chi connectivity index (χ3v) is 1.71. The fourth-order valence-corrected chi connectivity index (χ4v) is 1.13. The Morgan fingerprint density at radius 1 is 0.714 bits per heavy atom. The second kappa shape index (κ2) is 9.40. The highest BCUT2D eigenvalue weighted by molar-refractivity contribution is 4.73. The predicted octanol–water partition coefficient (Wildman–Crippen LogP) is 1.78. The van der Waals surface area contributed by atoms with Gasteiger partial charge in [0.2, 0.25) is 0 Å². The summed E-state index contributed by atoms with van der Waals surface area (Å²) in [6, 6.07) is 0. The summed E-state index contributed by atoms with van der Waals surface area (Å²) in [5.74, 6) is 0. The van der Waals surface area contributed by atoms with Gasteiger partial charge in [-0.3, -0.25) is 0 Å². The summed E-state index contributed by atoms with van der Waals surface area (Å²) in [6.07, 6.45) is 0.171. The molecule has 0 amide bonds. The highest BCUT2D eigenvalue weighted by Gasteiger charge is 2.30. The van der Waals surface area contributed by atoms with E-state index in [9.17, 15) is 0 Å². The Labute approximate surface area is 86.5 Å². The summed E-state index contributed by atoms with van der Waals surface area (Å²) in [6.45, 7) is 10.0. The SMILES string of the molecule is C1OCC2OCOCC2O1.CC.CC. The molecule has 4 nitrogen and oxygen atoms in total. The van der Waals surface area contributed by atoms with Gasteiger partial charge in [0, 0.05) is 0 Å². The minimum atomic E-state index is 0.0856. The molecule has 0 aromatic carbocycles. The van der Waals surface area contributed by atoms with E-state index < -0.39 is 0 Å². The van der Waals surface area contributed by atoms with Crippen molar-refractivity contribution < 1.29 is 18.9 Å². The molecule has 0 N–H and O–H groups in total. The van der Waals surface area contributed by atoms with Crippen molar-refractivity contribution in [1.29, 1.82) is 0 Å². The fraction of sp³-hybridized carbons (Fsp3) is 1.00. The van der Waals surface area contributed by atoms with Crippen molar-refractivity contribution in [1.82, 2.24) is 0 Å². The molecule has 0 radical (unpaired) electrons. The molecule has 2 rings (SSSR count). The van der Waals surface area contributed by atoms with Crippen molar-refractivity contribution in [3.05, 3.63) is 0 Å². The molecule has 0 bridgehead atoms. The van der Waals surface area contributed by atoms with Gasteiger partial charge in [-0.05, 0) is 0 Å². The molecule has 0 aromatic heterocycles. The quantitative estimate of drug-likeness (QED) is 0.605. The van der Waals surface area contributed by atoms with Crippen LogP contribution in [0.1, 0.15) is 27.7 Å². The highest BCUT2D eigenvalue weighted by atomic mass is 16.7. The van der Waals surface area contributed by atoms with Crippen LogP contribution in [-0.4, -0.2) is 39.0 Å². The third-order valence-electron chi connectivity index (χ3n) is 1.71. The second-order valence-corrected chi connectivity index (χ2v) is 2.39. The van der Waals surface area contributed by atoms with Crippen LogP contribution in [0.2, 0.25) is 0 Å². The molecule has 0 saturated carbocycles. The topological polar surface area (TPSA) is 36.9 Å². The van der Waals surface area contributed by atoms with Crippen molar-refractivity contribution in [3.8, 4) is 0 Å². The zero-order chi connectivity index (χ0) is 10.8. The van der Waals surface area contributed by atoms with Crippen molar-refractivity contribution >= 4 is 0 Å². The molecule has 2 unspecified atom stereocenters. The molecular formula is C10H22O4. The summed E-state index contributed by atoms with van der Waals surface area (Å²) in [5.41, 5.74) is 0. The molecule has 4 heteroatoms. The van der Waals surface area contributed by atoms with Crippen molar-refractivity contribution in [2.75, 3.05) is 26.8 Å². The van der Waals surface area contributed by atoms with Crippen LogP contribution in [0, 0.1) is 0 Å². The first-order chi connectivity index (χ1) is 6.97. The van der Waals surface area contributed by atoms with Crippen LogP contribution in [0.3, 0.4) is 0 Å². The zero-order valence-corrected chi connectivity index (χ0v) is 9.62. The summed E-state index contributed by atoms with van der Waals surface area (Å²) >= 11 is 0. The Bertz CT molecular complexity index is 92.7. The molecule has 0 spiro atoms. The summed E-state index contributed by atoms with van der Waals surface area (Å²) in [5, 5.41) is 0. The predicted molar refractivity (Wildman–Crippen MR) is 54.1 cm³/mol. The van der Waals surface area contributed by atoms with Crippen molar-refractivity contribution in [2.45, 2.75) is 39.9 Å². The second-order valence-electron chi connectivity index (χ2n) is 2.39. The van der Waals surface area contributed by atoms with E-state index >= 15 is 0 Å². The molecule has 86 valence electrons. The van der Waals surface area contributed by atoms with Crippen molar-refractivity contribution in [2.24, 2.45) is 0 Å². The van der Waals surface area contributed by atoms with Crippen molar-refractivity contribution in [3.63, 3.8) is 0 Å². The van der Waals surface area contributed by atoms with E-state index in [1.165, 1.54) is 0 Å². The molecule has 2 aliphatic rings. The van der Waals surface area contributed by atoms with E-state index in [0.29, 0.717) is 26.8 Å². The fourth-order valence-electron chi connectivity index (χ4n) is 1.13. The smallest absolute Gasteiger partial charge is 0.147 e. The third kappa shape index (κ3) is 4.37. The Morgan fingerprint density at radius 3 is 1.43 bits per heavy atom. The van der Waals surface area contributed by atoms with Gasteiger partial charge in [-0.25, -0.2) is 0 Å². The number of ether oxygens (including phenoxy) is 4. The summed E-state index contributed by atoms with van der Waals surface area (Å²) in [4.78, 5) is 0. The van der Waals surface area contributed by atoms with E-state index in [4.69, 9.17) is 18.9 Å². The average Bonchev–Trinajstić information content (AvgIpc) is 2.34. The molecule has 2 atom stereocenters. The highest BCUT2D eigenvalue weighted by Crippen LogP contribution is 2.14. The van der Waals surface area contributed by atoms with Crippen LogP contribution in [0.5, 0.6) is 0 Å². The standard InChI is InChI=1S/C6H10O4.2C2H6/c1-5-6(10-3-7-1)2-8-4-9-5;2*1-2/h5-6H,1-4H2;2*1-2H3. The molecular weight excluding hydrogens is 184 g/mol. The average molecular weight is 206 g/mol. The first-order valence-corrected chi connectivity index (χ1v) is 5.35. The molecule has 2 aliphatic heterocycles. The number of fused-ring (bicyclic) bond motifs is 1. The minimum absolute atomic E-state index is 0.0856. The van der Waals surface area contributed by atoms with Crippen LogP contribution in [0.15, 0.2) is 0 Å². The van der Waals surface area contributed by atoms with E-state index in [2.05, 4.69) is 0 Å². The molecule has 14 heavy (non-hydrogen) atoms. The first kappa shape index (κ1) is 13.8. The largest absolute Gasteiger partial charge is 0.353 e. The van der Waals surface area contributed by atoms with Gasteiger partial charge in [0.1, 0.15) is 25.8 Å². The number of rotatable bonds is 0. The van der Waals surface area contributed by atoms with Gasteiger partial charge >= 0.3 is 0 Å². The normalized spacial score (nSPS) is 30.0. The van der Waals surface area contributed by atoms with Crippen LogP contribution in [0.25, 0.3) is 0 Å². The molecule has 2 saturated heterocycles. The van der Waals surface area contributed by atoms with Gasteiger partial charge in [0.05, 0.1) is 13.2 Å². The Morgan fingerprint density at radius 2 is 1.07 bits per heavy atom. The molecule has 2 fully saturated rings. The zero-order valence-electron chi connectivity index (χ0n) is 9.62. The summed E-state index contributed by atoms with van der Waals surface area (Å²) < 4.78 is 20.5. The Hall–Kier alpha value is -0.160. The van der Waals surface area contributed by atoms with Crippen LogP contribution < -0.4 is 0 Å². The lowest BCUT2D eigenvalue weighted by Crippen LogP contribution is -2.47. The van der Waals surface area contributed by atoms with Crippen LogP contribution in [-0.2, 0) is 18.9 Å². The number of hydrogen-bond donors (Lipinski definition) is 0. The minimum Gasteiger partial charge on any atom is -0.353 e.